The summed E-state index contributed by atoms with van der Waals surface area (Å²) in [6, 6.07) is 4.23. The van der Waals surface area contributed by atoms with E-state index < -0.39 is 5.82 Å². The predicted octanol–water partition coefficient (Wildman–Crippen LogP) is 2.98. The van der Waals surface area contributed by atoms with Crippen molar-refractivity contribution in [1.82, 2.24) is 4.98 Å². The molecule has 2 aromatic rings. The lowest BCUT2D eigenvalue weighted by Gasteiger charge is -2.04. The van der Waals surface area contributed by atoms with E-state index in [2.05, 4.69) is 10.9 Å². The summed E-state index contributed by atoms with van der Waals surface area (Å²) in [6.07, 6.45) is 5.24. The van der Waals surface area contributed by atoms with Crippen LogP contribution in [0.1, 0.15) is 25.1 Å². The number of halogens is 1. The van der Waals surface area contributed by atoms with Gasteiger partial charge in [-0.15, -0.1) is 6.42 Å². The van der Waals surface area contributed by atoms with Crippen molar-refractivity contribution in [2.45, 2.75) is 20.8 Å². The molecule has 1 heterocycles. The summed E-state index contributed by atoms with van der Waals surface area (Å²) in [5.41, 5.74) is 0.570. The number of hydrogen-bond acceptors (Lipinski definition) is 1. The van der Waals surface area contributed by atoms with E-state index in [4.69, 9.17) is 6.42 Å². The summed E-state index contributed by atoms with van der Waals surface area (Å²) in [5, 5.41) is 1.25. The Balaban J connectivity index is 0.000000686. The second-order valence-corrected chi connectivity index (χ2v) is 3.29. The van der Waals surface area contributed by atoms with Crippen LogP contribution in [0.15, 0.2) is 23.0 Å². The van der Waals surface area contributed by atoms with Gasteiger partial charge in [0.1, 0.15) is 5.82 Å². The first-order valence-corrected chi connectivity index (χ1v) is 5.42. The molecule has 0 radical (unpaired) electrons. The fourth-order valence-electron chi connectivity index (χ4n) is 1.68. The standard InChI is InChI=1S/C12H8FNO.C2H6/c1-3-9-10(13)5-4-8-6-11(15)14-7(2)12(8)9;1-2/h1,4-6H,2H3,(H,14,15);1-2H3. The SMILES string of the molecule is C#Cc1c(F)ccc2cc(=O)[nH]c(C)c12.CC. The van der Waals surface area contributed by atoms with Crippen LogP contribution in [0, 0.1) is 25.1 Å². The van der Waals surface area contributed by atoms with Crippen LogP contribution >= 0.6 is 0 Å². The normalized spacial score (nSPS) is 9.35. The zero-order valence-electron chi connectivity index (χ0n) is 10.1. The minimum Gasteiger partial charge on any atom is -0.326 e. The highest BCUT2D eigenvalue weighted by Crippen LogP contribution is 2.21. The molecule has 88 valence electrons. The molecule has 0 saturated heterocycles. The Morgan fingerprint density at radius 2 is 2.00 bits per heavy atom. The van der Waals surface area contributed by atoms with Gasteiger partial charge in [-0.2, -0.15) is 0 Å². The first-order chi connectivity index (χ1) is 8.13. The molecule has 17 heavy (non-hydrogen) atoms. The highest BCUT2D eigenvalue weighted by atomic mass is 19.1. The average Bonchev–Trinajstić information content (AvgIpc) is 2.32. The number of benzene rings is 1. The fraction of sp³-hybridized carbons (Fsp3) is 0.214. The summed E-state index contributed by atoms with van der Waals surface area (Å²) >= 11 is 0. The lowest BCUT2D eigenvalue weighted by atomic mass is 10.0. The molecule has 0 aliphatic rings. The molecule has 0 bridgehead atoms. The van der Waals surface area contributed by atoms with E-state index in [-0.39, 0.29) is 11.1 Å². The Kier molecular flexibility index (Phi) is 4.06. The first kappa shape index (κ1) is 13.0. The van der Waals surface area contributed by atoms with Gasteiger partial charge in [-0.05, 0) is 18.4 Å². The second kappa shape index (κ2) is 5.31. The number of pyridine rings is 1. The highest BCUT2D eigenvalue weighted by molar-refractivity contribution is 5.89. The number of terminal acetylenes is 1. The molecular weight excluding hydrogens is 217 g/mol. The molecule has 1 aromatic heterocycles. The third kappa shape index (κ3) is 2.36. The monoisotopic (exact) mass is 231 g/mol. The van der Waals surface area contributed by atoms with Crippen LogP contribution in [0.4, 0.5) is 4.39 Å². The fourth-order valence-corrected chi connectivity index (χ4v) is 1.68. The minimum absolute atomic E-state index is 0.196. The number of rotatable bonds is 0. The number of aromatic nitrogens is 1. The van der Waals surface area contributed by atoms with Gasteiger partial charge in [0.15, 0.2) is 0 Å². The number of nitrogens with one attached hydrogen (secondary N) is 1. The van der Waals surface area contributed by atoms with Crippen LogP contribution in [-0.4, -0.2) is 4.98 Å². The van der Waals surface area contributed by atoms with Gasteiger partial charge >= 0.3 is 0 Å². The lowest BCUT2D eigenvalue weighted by Crippen LogP contribution is -2.06. The van der Waals surface area contributed by atoms with Crippen LogP contribution in [0.3, 0.4) is 0 Å². The van der Waals surface area contributed by atoms with Gasteiger partial charge < -0.3 is 4.98 Å². The van der Waals surface area contributed by atoms with Gasteiger partial charge in [0, 0.05) is 17.1 Å². The van der Waals surface area contributed by atoms with Crippen molar-refractivity contribution in [3.8, 4) is 12.3 Å². The molecule has 0 amide bonds. The van der Waals surface area contributed by atoms with E-state index in [1.54, 1.807) is 13.0 Å². The molecule has 0 spiro atoms. The molecule has 2 rings (SSSR count). The molecule has 1 N–H and O–H groups in total. The van der Waals surface area contributed by atoms with Gasteiger partial charge in [-0.1, -0.05) is 25.8 Å². The summed E-state index contributed by atoms with van der Waals surface area (Å²) < 4.78 is 13.4. The van der Waals surface area contributed by atoms with Crippen molar-refractivity contribution in [3.05, 3.63) is 45.6 Å². The number of fused-ring (bicyclic) bond motifs is 1. The molecule has 0 aliphatic carbocycles. The number of aryl methyl sites for hydroxylation is 1. The van der Waals surface area contributed by atoms with E-state index in [9.17, 15) is 9.18 Å². The minimum atomic E-state index is -0.444. The van der Waals surface area contributed by atoms with E-state index >= 15 is 0 Å². The van der Waals surface area contributed by atoms with Crippen molar-refractivity contribution < 1.29 is 4.39 Å². The second-order valence-electron chi connectivity index (χ2n) is 3.29. The zero-order valence-corrected chi connectivity index (χ0v) is 10.1. The van der Waals surface area contributed by atoms with Gasteiger partial charge in [0.25, 0.3) is 0 Å². The topological polar surface area (TPSA) is 32.9 Å². The van der Waals surface area contributed by atoms with Crippen molar-refractivity contribution >= 4 is 10.8 Å². The van der Waals surface area contributed by atoms with Crippen LogP contribution in [0.2, 0.25) is 0 Å². The average molecular weight is 231 g/mol. The largest absolute Gasteiger partial charge is 0.326 e. The summed E-state index contributed by atoms with van der Waals surface area (Å²) in [6.45, 7) is 5.70. The maximum Gasteiger partial charge on any atom is 0.248 e. The number of hydrogen-bond donors (Lipinski definition) is 1. The molecular formula is C14H14FNO. The van der Waals surface area contributed by atoms with Crippen LogP contribution in [-0.2, 0) is 0 Å². The lowest BCUT2D eigenvalue weighted by molar-refractivity contribution is 0.626. The van der Waals surface area contributed by atoms with Crippen molar-refractivity contribution in [3.63, 3.8) is 0 Å². The summed E-state index contributed by atoms with van der Waals surface area (Å²) in [4.78, 5) is 13.8. The highest BCUT2D eigenvalue weighted by Gasteiger charge is 2.08. The zero-order chi connectivity index (χ0) is 13.0. The quantitative estimate of drug-likeness (QED) is 0.695. The molecule has 0 atom stereocenters. The molecule has 0 unspecified atom stereocenters. The van der Waals surface area contributed by atoms with Gasteiger partial charge in [0.05, 0.1) is 5.56 Å². The van der Waals surface area contributed by atoms with Crippen molar-refractivity contribution in [1.29, 1.82) is 0 Å². The molecule has 0 fully saturated rings. The Bertz CT molecular complexity index is 635. The molecule has 3 heteroatoms. The predicted molar refractivity (Wildman–Crippen MR) is 68.5 cm³/mol. The van der Waals surface area contributed by atoms with E-state index in [0.29, 0.717) is 16.5 Å². The number of H-pyrrole nitrogens is 1. The van der Waals surface area contributed by atoms with Crippen molar-refractivity contribution in [2.24, 2.45) is 0 Å². The van der Waals surface area contributed by atoms with E-state index in [0.717, 1.165) is 0 Å². The third-order valence-corrected chi connectivity index (χ3v) is 2.30. The molecule has 2 nitrogen and oxygen atoms in total. The van der Waals surface area contributed by atoms with Crippen LogP contribution in [0.25, 0.3) is 10.8 Å². The molecule has 0 saturated carbocycles. The maximum absolute atomic E-state index is 13.4. The summed E-state index contributed by atoms with van der Waals surface area (Å²) in [7, 11) is 0. The molecule has 1 aromatic carbocycles. The Labute approximate surface area is 99.5 Å². The van der Waals surface area contributed by atoms with E-state index in [1.165, 1.54) is 12.1 Å². The van der Waals surface area contributed by atoms with Crippen LogP contribution < -0.4 is 5.56 Å². The number of aromatic amines is 1. The van der Waals surface area contributed by atoms with Gasteiger partial charge in [-0.3, -0.25) is 4.79 Å². The summed E-state index contributed by atoms with van der Waals surface area (Å²) in [5.74, 6) is 1.86. The maximum atomic E-state index is 13.4. The van der Waals surface area contributed by atoms with Gasteiger partial charge in [0.2, 0.25) is 5.56 Å². The Morgan fingerprint density at radius 3 is 2.59 bits per heavy atom. The Morgan fingerprint density at radius 1 is 1.35 bits per heavy atom. The van der Waals surface area contributed by atoms with Gasteiger partial charge in [-0.25, -0.2) is 4.39 Å². The first-order valence-electron chi connectivity index (χ1n) is 5.42. The smallest absolute Gasteiger partial charge is 0.248 e. The molecule has 0 aliphatic heterocycles. The van der Waals surface area contributed by atoms with E-state index in [1.807, 2.05) is 13.8 Å². The van der Waals surface area contributed by atoms with Crippen LogP contribution in [0.5, 0.6) is 0 Å². The Hall–Kier alpha value is -2.08. The van der Waals surface area contributed by atoms with Crippen molar-refractivity contribution in [2.75, 3.05) is 0 Å². The third-order valence-electron chi connectivity index (χ3n) is 2.30.